The van der Waals surface area contributed by atoms with E-state index in [2.05, 4.69) is 16.0 Å². The molecular weight excluding hydrogens is 524 g/mol. The van der Waals surface area contributed by atoms with Crippen LogP contribution in [0.4, 0.5) is 0 Å². The molecule has 1 saturated heterocycles. The first-order chi connectivity index (χ1) is 19.7. The first-order valence-corrected chi connectivity index (χ1v) is 14.4. The van der Waals surface area contributed by atoms with Crippen LogP contribution in [0.1, 0.15) is 43.2 Å². The largest absolute Gasteiger partial charge is 0.508 e. The van der Waals surface area contributed by atoms with Crippen molar-refractivity contribution in [1.29, 1.82) is 0 Å². The summed E-state index contributed by atoms with van der Waals surface area (Å²) < 4.78 is 0. The third-order valence-corrected chi connectivity index (χ3v) is 8.05. The fraction of sp³-hybridized carbons (Fsp3) is 0.500. The summed E-state index contributed by atoms with van der Waals surface area (Å²) in [7, 11) is 1.53. The van der Waals surface area contributed by atoms with Gasteiger partial charge in [-0.3, -0.25) is 14.4 Å². The van der Waals surface area contributed by atoms with Crippen molar-refractivity contribution >= 4 is 17.7 Å². The first kappa shape index (κ1) is 30.3. The highest BCUT2D eigenvalue weighted by Gasteiger charge is 2.34. The highest BCUT2D eigenvalue weighted by atomic mass is 16.3. The molecule has 4 atom stereocenters. The summed E-state index contributed by atoms with van der Waals surface area (Å²) in [5, 5.41) is 30.4. The van der Waals surface area contributed by atoms with Crippen molar-refractivity contribution in [3.8, 4) is 22.6 Å². The number of likely N-dealkylation sites (N-methyl/N-ethyl adjacent to an activating group) is 1. The summed E-state index contributed by atoms with van der Waals surface area (Å²) in [4.78, 5) is 41.9. The number of carbonyl (C=O) groups excluding carboxylic acids is 3. The Morgan fingerprint density at radius 2 is 1.71 bits per heavy atom. The van der Waals surface area contributed by atoms with E-state index in [1.165, 1.54) is 18.0 Å². The van der Waals surface area contributed by atoms with Crippen LogP contribution in [-0.2, 0) is 27.2 Å². The molecule has 222 valence electrons. The number of phenolic OH excluding ortho intramolecular Hbond substituents is 2. The van der Waals surface area contributed by atoms with Crippen LogP contribution in [0.5, 0.6) is 11.5 Å². The molecule has 2 aliphatic heterocycles. The normalized spacial score (nSPS) is 23.7. The summed E-state index contributed by atoms with van der Waals surface area (Å²) in [6.07, 6.45) is 3.96. The molecule has 11 nitrogen and oxygen atoms in total. The Morgan fingerprint density at radius 3 is 2.32 bits per heavy atom. The van der Waals surface area contributed by atoms with Gasteiger partial charge in [-0.1, -0.05) is 18.6 Å². The summed E-state index contributed by atoms with van der Waals surface area (Å²) in [6.45, 7) is 1.63. The molecule has 2 aromatic rings. The van der Waals surface area contributed by atoms with E-state index in [4.69, 9.17) is 11.5 Å². The Morgan fingerprint density at radius 1 is 1.05 bits per heavy atom. The number of hydrogen-bond donors (Lipinski definition) is 7. The van der Waals surface area contributed by atoms with E-state index in [1.54, 1.807) is 30.3 Å². The van der Waals surface area contributed by atoms with Gasteiger partial charge in [-0.15, -0.1) is 0 Å². The van der Waals surface area contributed by atoms with E-state index in [0.717, 1.165) is 36.9 Å². The van der Waals surface area contributed by atoms with Gasteiger partial charge in [0.15, 0.2) is 0 Å². The molecule has 0 aliphatic carbocycles. The maximum absolute atomic E-state index is 13.8. The van der Waals surface area contributed by atoms with Crippen molar-refractivity contribution in [2.75, 3.05) is 26.7 Å². The Kier molecular flexibility index (Phi) is 10.2. The number of aromatic hydroxyl groups is 2. The zero-order valence-electron chi connectivity index (χ0n) is 23.6. The molecule has 4 bridgehead atoms. The van der Waals surface area contributed by atoms with Crippen molar-refractivity contribution in [3.05, 3.63) is 47.5 Å². The fourth-order valence-electron chi connectivity index (χ4n) is 5.50. The molecule has 0 aromatic heterocycles. The summed E-state index contributed by atoms with van der Waals surface area (Å²) in [6, 6.07) is 7.30. The lowest BCUT2D eigenvalue weighted by Crippen LogP contribution is -2.57. The van der Waals surface area contributed by atoms with Crippen LogP contribution < -0.4 is 27.4 Å². The molecular formula is C30H42N6O5. The number of phenols is 2. The molecule has 41 heavy (non-hydrogen) atoms. The van der Waals surface area contributed by atoms with Crippen LogP contribution in [0.15, 0.2) is 36.4 Å². The van der Waals surface area contributed by atoms with Crippen molar-refractivity contribution < 1.29 is 24.6 Å². The number of rotatable bonds is 6. The van der Waals surface area contributed by atoms with Crippen molar-refractivity contribution in [2.45, 2.75) is 69.1 Å². The lowest BCUT2D eigenvalue weighted by atomic mass is 9.95. The highest BCUT2D eigenvalue weighted by Crippen LogP contribution is 2.31. The Hall–Kier alpha value is -3.67. The quantitative estimate of drug-likeness (QED) is 0.264. The summed E-state index contributed by atoms with van der Waals surface area (Å²) in [5.74, 6) is -1.35. The molecule has 0 radical (unpaired) electrons. The molecule has 2 heterocycles. The van der Waals surface area contributed by atoms with Gasteiger partial charge in [0.25, 0.3) is 0 Å². The van der Waals surface area contributed by atoms with Gasteiger partial charge in [0.05, 0.1) is 6.04 Å². The lowest BCUT2D eigenvalue weighted by molar-refractivity contribution is -0.142. The molecule has 1 unspecified atom stereocenters. The summed E-state index contributed by atoms with van der Waals surface area (Å²) >= 11 is 0. The molecule has 0 spiro atoms. The van der Waals surface area contributed by atoms with E-state index >= 15 is 0 Å². The molecule has 1 fully saturated rings. The molecule has 3 amide bonds. The van der Waals surface area contributed by atoms with Gasteiger partial charge in [-0.2, -0.15) is 0 Å². The van der Waals surface area contributed by atoms with E-state index in [9.17, 15) is 24.6 Å². The van der Waals surface area contributed by atoms with Crippen LogP contribution in [0.25, 0.3) is 11.1 Å². The van der Waals surface area contributed by atoms with Crippen molar-refractivity contribution in [1.82, 2.24) is 20.9 Å². The highest BCUT2D eigenvalue weighted by molar-refractivity contribution is 5.93. The number of benzene rings is 2. The molecule has 4 rings (SSSR count). The van der Waals surface area contributed by atoms with E-state index < -0.39 is 29.9 Å². The van der Waals surface area contributed by atoms with Crippen LogP contribution in [0, 0.1) is 0 Å². The van der Waals surface area contributed by atoms with Crippen LogP contribution >= 0.6 is 0 Å². The number of hydrogen-bond acceptors (Lipinski definition) is 8. The Labute approximate surface area is 240 Å². The predicted octanol–water partition coefficient (Wildman–Crippen LogP) is 0.500. The molecule has 9 N–H and O–H groups in total. The minimum absolute atomic E-state index is 0.000000368. The van der Waals surface area contributed by atoms with Gasteiger partial charge in [0.2, 0.25) is 17.7 Å². The molecule has 2 aliphatic rings. The number of amides is 3. The number of nitrogens with one attached hydrogen (secondary N) is 3. The SMILES string of the molecule is CN1C(=O)[C@H](CCCN)NC(=O)[C@H](N)Cc2cc(ccc2O)-c2ccc(O)c(c2)C[C@H]1C(=O)NCC1CCCCN1. The number of nitrogens with two attached hydrogens (primary N) is 2. The monoisotopic (exact) mass is 566 g/mol. The zero-order chi connectivity index (χ0) is 29.5. The number of piperidine rings is 1. The maximum Gasteiger partial charge on any atom is 0.245 e. The number of carbonyl (C=O) groups is 3. The van der Waals surface area contributed by atoms with Gasteiger partial charge in [0.1, 0.15) is 23.6 Å². The van der Waals surface area contributed by atoms with E-state index in [0.29, 0.717) is 30.6 Å². The van der Waals surface area contributed by atoms with Crippen LogP contribution in [0.3, 0.4) is 0 Å². The van der Waals surface area contributed by atoms with E-state index in [1.807, 2.05) is 0 Å². The molecule has 11 heteroatoms. The van der Waals surface area contributed by atoms with Gasteiger partial charge < -0.3 is 42.5 Å². The predicted molar refractivity (Wildman–Crippen MR) is 156 cm³/mol. The van der Waals surface area contributed by atoms with E-state index in [-0.39, 0.29) is 42.7 Å². The Bertz CT molecular complexity index is 1250. The van der Waals surface area contributed by atoms with Gasteiger partial charge in [-0.25, -0.2) is 0 Å². The van der Waals surface area contributed by atoms with Gasteiger partial charge >= 0.3 is 0 Å². The van der Waals surface area contributed by atoms with Crippen molar-refractivity contribution in [2.24, 2.45) is 11.5 Å². The van der Waals surface area contributed by atoms with Gasteiger partial charge in [0, 0.05) is 32.5 Å². The smallest absolute Gasteiger partial charge is 0.245 e. The van der Waals surface area contributed by atoms with Crippen molar-refractivity contribution in [3.63, 3.8) is 0 Å². The maximum atomic E-state index is 13.8. The Balaban J connectivity index is 1.73. The second-order valence-electron chi connectivity index (χ2n) is 11.1. The number of fused-ring (bicyclic) bond motifs is 5. The lowest BCUT2D eigenvalue weighted by Gasteiger charge is -2.32. The molecule has 0 saturated carbocycles. The standard InChI is InChI=1S/C30H42N6O5/c1-36-25(29(40)34-17-22-5-2-3-12-33-22)16-21-14-19(8-10-27(21)38)18-7-9-26(37)20(13-18)15-23(32)28(39)35-24(30(36)41)6-4-11-31/h7-10,13-14,22-25,33,37-38H,2-6,11-12,15-17,31-32H2,1H3,(H,34,40)(H,35,39)/t22?,23-,24+,25+/m1/s1. The number of nitrogens with zero attached hydrogens (tertiary/aromatic N) is 1. The second-order valence-corrected chi connectivity index (χ2v) is 11.1. The minimum Gasteiger partial charge on any atom is -0.508 e. The summed E-state index contributed by atoms with van der Waals surface area (Å²) in [5.41, 5.74) is 14.4. The minimum atomic E-state index is -1.03. The van der Waals surface area contributed by atoms with Crippen LogP contribution in [-0.4, -0.2) is 83.7 Å². The third kappa shape index (κ3) is 7.55. The zero-order valence-corrected chi connectivity index (χ0v) is 23.6. The van der Waals surface area contributed by atoms with Gasteiger partial charge in [-0.05, 0) is 85.3 Å². The third-order valence-electron chi connectivity index (χ3n) is 8.05. The topological polar surface area (TPSA) is 183 Å². The van der Waals surface area contributed by atoms with Crippen LogP contribution in [0.2, 0.25) is 0 Å². The first-order valence-electron chi connectivity index (χ1n) is 14.4. The fourth-order valence-corrected chi connectivity index (χ4v) is 5.50. The molecule has 2 aromatic carbocycles. The average Bonchev–Trinajstić information content (AvgIpc) is 2.98. The average molecular weight is 567 g/mol. The second kappa shape index (κ2) is 13.8.